The lowest BCUT2D eigenvalue weighted by molar-refractivity contribution is 0.0723. The number of nitrogens with one attached hydrogen (secondary N) is 1. The molecule has 1 aromatic carbocycles. The van der Waals surface area contributed by atoms with Gasteiger partial charge in [-0.05, 0) is 74.9 Å². The molecule has 2 aliphatic heterocycles. The van der Waals surface area contributed by atoms with Crippen molar-refractivity contribution in [3.63, 3.8) is 0 Å². The van der Waals surface area contributed by atoms with Crippen LogP contribution in [0.5, 0.6) is 0 Å². The maximum absolute atomic E-state index is 13.9. The fourth-order valence-corrected chi connectivity index (χ4v) is 3.41. The number of benzene rings is 1. The number of carbonyl (C=O) groups excluding carboxylic acids is 1. The van der Waals surface area contributed by atoms with Crippen LogP contribution in [0.3, 0.4) is 0 Å². The van der Waals surface area contributed by atoms with Crippen molar-refractivity contribution in [3.05, 3.63) is 35.1 Å². The van der Waals surface area contributed by atoms with Crippen LogP contribution in [0.2, 0.25) is 0 Å². The van der Waals surface area contributed by atoms with Gasteiger partial charge in [0, 0.05) is 18.7 Å². The van der Waals surface area contributed by atoms with Crippen LogP contribution >= 0.6 is 0 Å². The standard InChI is InChI=1S/C17H23FN2O/c18-16-11-14(13-4-6-19-7-5-13)10-15(12-16)17(21)20-8-2-1-3-9-20/h10-13,19H,1-9H2. The first-order chi connectivity index (χ1) is 10.2. The van der Waals surface area contributed by atoms with E-state index in [1.165, 1.54) is 12.5 Å². The van der Waals surface area contributed by atoms with Crippen molar-refractivity contribution in [3.8, 4) is 0 Å². The highest BCUT2D eigenvalue weighted by atomic mass is 19.1. The van der Waals surface area contributed by atoms with E-state index in [1.54, 1.807) is 6.07 Å². The molecule has 0 bridgehead atoms. The molecule has 114 valence electrons. The van der Waals surface area contributed by atoms with Gasteiger partial charge in [-0.2, -0.15) is 0 Å². The van der Waals surface area contributed by atoms with Crippen LogP contribution in [0.25, 0.3) is 0 Å². The van der Waals surface area contributed by atoms with Gasteiger partial charge in [-0.15, -0.1) is 0 Å². The van der Waals surface area contributed by atoms with Gasteiger partial charge >= 0.3 is 0 Å². The highest BCUT2D eigenvalue weighted by molar-refractivity contribution is 5.94. The number of rotatable bonds is 2. The van der Waals surface area contributed by atoms with E-state index < -0.39 is 0 Å². The lowest BCUT2D eigenvalue weighted by Crippen LogP contribution is -2.35. The molecule has 4 heteroatoms. The van der Waals surface area contributed by atoms with Gasteiger partial charge in [-0.3, -0.25) is 4.79 Å². The molecule has 1 N–H and O–H groups in total. The van der Waals surface area contributed by atoms with Crippen LogP contribution in [-0.2, 0) is 0 Å². The second kappa shape index (κ2) is 6.56. The highest BCUT2D eigenvalue weighted by Crippen LogP contribution is 2.27. The van der Waals surface area contributed by atoms with Gasteiger partial charge in [-0.25, -0.2) is 4.39 Å². The lowest BCUT2D eigenvalue weighted by atomic mass is 9.89. The Hall–Kier alpha value is -1.42. The van der Waals surface area contributed by atoms with E-state index in [9.17, 15) is 9.18 Å². The number of nitrogens with zero attached hydrogens (tertiary/aromatic N) is 1. The third-order valence-corrected chi connectivity index (χ3v) is 4.62. The van der Waals surface area contributed by atoms with Gasteiger partial charge in [-0.1, -0.05) is 0 Å². The van der Waals surface area contributed by atoms with Gasteiger partial charge in [0.25, 0.3) is 5.91 Å². The fourth-order valence-electron chi connectivity index (χ4n) is 3.41. The van der Waals surface area contributed by atoms with Crippen LogP contribution in [-0.4, -0.2) is 37.0 Å². The largest absolute Gasteiger partial charge is 0.339 e. The third-order valence-electron chi connectivity index (χ3n) is 4.62. The van der Waals surface area contributed by atoms with Crippen LogP contribution in [0.15, 0.2) is 18.2 Å². The minimum absolute atomic E-state index is 0.00983. The van der Waals surface area contributed by atoms with Crippen molar-refractivity contribution in [2.75, 3.05) is 26.2 Å². The van der Waals surface area contributed by atoms with Crippen molar-refractivity contribution in [1.29, 1.82) is 0 Å². The Bertz CT molecular complexity index is 506. The van der Waals surface area contributed by atoms with Crippen molar-refractivity contribution >= 4 is 5.91 Å². The second-order valence-electron chi connectivity index (χ2n) is 6.15. The van der Waals surface area contributed by atoms with Gasteiger partial charge in [0.15, 0.2) is 0 Å². The summed E-state index contributed by atoms with van der Waals surface area (Å²) in [5, 5.41) is 3.32. The van der Waals surface area contributed by atoms with Crippen LogP contribution in [0.4, 0.5) is 4.39 Å². The van der Waals surface area contributed by atoms with Gasteiger partial charge in [0.05, 0.1) is 0 Å². The van der Waals surface area contributed by atoms with Crippen molar-refractivity contribution in [2.45, 2.75) is 38.0 Å². The monoisotopic (exact) mass is 290 g/mol. The molecular formula is C17H23FN2O. The minimum atomic E-state index is -0.286. The Morgan fingerprint density at radius 1 is 1.10 bits per heavy atom. The zero-order chi connectivity index (χ0) is 14.7. The molecule has 3 rings (SSSR count). The SMILES string of the molecule is O=C(c1cc(F)cc(C2CCNCC2)c1)N1CCCCC1. The van der Waals surface area contributed by atoms with Crippen molar-refractivity contribution in [2.24, 2.45) is 0 Å². The Morgan fingerprint density at radius 3 is 2.52 bits per heavy atom. The van der Waals surface area contributed by atoms with E-state index in [-0.39, 0.29) is 11.7 Å². The summed E-state index contributed by atoms with van der Waals surface area (Å²) in [6.45, 7) is 3.54. The Morgan fingerprint density at radius 2 is 1.81 bits per heavy atom. The summed E-state index contributed by atoms with van der Waals surface area (Å²) < 4.78 is 13.9. The topological polar surface area (TPSA) is 32.3 Å². The summed E-state index contributed by atoms with van der Waals surface area (Å²) in [5.41, 5.74) is 1.50. The lowest BCUT2D eigenvalue weighted by Gasteiger charge is -2.27. The van der Waals surface area contributed by atoms with Crippen LogP contribution in [0, 0.1) is 5.82 Å². The predicted molar refractivity (Wildman–Crippen MR) is 81.0 cm³/mol. The normalized spacial score (nSPS) is 20.5. The van der Waals surface area contributed by atoms with Gasteiger partial charge < -0.3 is 10.2 Å². The minimum Gasteiger partial charge on any atom is -0.339 e. The first kappa shape index (κ1) is 14.5. The molecule has 0 atom stereocenters. The zero-order valence-electron chi connectivity index (χ0n) is 12.4. The summed E-state index contributed by atoms with van der Waals surface area (Å²) in [6, 6.07) is 4.90. The third kappa shape index (κ3) is 3.43. The predicted octanol–water partition coefficient (Wildman–Crippen LogP) is 2.92. The zero-order valence-corrected chi connectivity index (χ0v) is 12.4. The molecule has 0 aromatic heterocycles. The molecule has 2 aliphatic rings. The van der Waals surface area contributed by atoms with Crippen LogP contribution < -0.4 is 5.32 Å². The molecule has 21 heavy (non-hydrogen) atoms. The smallest absolute Gasteiger partial charge is 0.253 e. The molecule has 0 aliphatic carbocycles. The fraction of sp³-hybridized carbons (Fsp3) is 0.588. The summed E-state index contributed by atoms with van der Waals surface area (Å²) in [6.07, 6.45) is 5.33. The molecule has 0 radical (unpaired) electrons. The van der Waals surface area contributed by atoms with Crippen molar-refractivity contribution in [1.82, 2.24) is 10.2 Å². The highest BCUT2D eigenvalue weighted by Gasteiger charge is 2.21. The first-order valence-electron chi connectivity index (χ1n) is 8.04. The van der Waals surface area contributed by atoms with E-state index in [4.69, 9.17) is 0 Å². The van der Waals surface area contributed by atoms with Gasteiger partial charge in [0.1, 0.15) is 5.82 Å². The summed E-state index contributed by atoms with van der Waals surface area (Å²) in [7, 11) is 0. The average molecular weight is 290 g/mol. The van der Waals surface area contributed by atoms with Crippen molar-refractivity contribution < 1.29 is 9.18 Å². The number of piperidine rings is 2. The molecule has 2 heterocycles. The number of amides is 1. The average Bonchev–Trinajstić information content (AvgIpc) is 2.55. The van der Waals surface area contributed by atoms with Crippen LogP contribution in [0.1, 0.15) is 53.9 Å². The Balaban J connectivity index is 1.81. The molecule has 0 saturated carbocycles. The maximum Gasteiger partial charge on any atom is 0.253 e. The Labute approximate surface area is 125 Å². The molecule has 2 fully saturated rings. The quantitative estimate of drug-likeness (QED) is 0.908. The first-order valence-corrected chi connectivity index (χ1v) is 8.04. The Kier molecular flexibility index (Phi) is 4.54. The van der Waals surface area contributed by atoms with E-state index in [0.29, 0.717) is 11.5 Å². The molecular weight excluding hydrogens is 267 g/mol. The number of likely N-dealkylation sites (tertiary alicyclic amines) is 1. The van der Waals surface area contributed by atoms with E-state index in [0.717, 1.165) is 57.4 Å². The number of hydrogen-bond acceptors (Lipinski definition) is 2. The molecule has 0 unspecified atom stereocenters. The molecule has 0 spiro atoms. The van der Waals surface area contributed by atoms with E-state index in [1.807, 2.05) is 11.0 Å². The number of halogens is 1. The molecule has 1 amide bonds. The second-order valence-corrected chi connectivity index (χ2v) is 6.15. The summed E-state index contributed by atoms with van der Waals surface area (Å²) in [5.74, 6) is 0.0747. The van der Waals surface area contributed by atoms with E-state index in [2.05, 4.69) is 5.32 Å². The maximum atomic E-state index is 13.9. The molecule has 3 nitrogen and oxygen atoms in total. The summed E-state index contributed by atoms with van der Waals surface area (Å²) >= 11 is 0. The summed E-state index contributed by atoms with van der Waals surface area (Å²) in [4.78, 5) is 14.4. The number of carbonyl (C=O) groups is 1. The molecule has 1 aromatic rings. The van der Waals surface area contributed by atoms with E-state index >= 15 is 0 Å². The number of hydrogen-bond donors (Lipinski definition) is 1. The molecule has 2 saturated heterocycles. The van der Waals surface area contributed by atoms with Gasteiger partial charge in [0.2, 0.25) is 0 Å².